The lowest BCUT2D eigenvalue weighted by Gasteiger charge is -2.26. The number of para-hydroxylation sites is 1. The smallest absolute Gasteiger partial charge is 0.273 e. The van der Waals surface area contributed by atoms with E-state index in [0.717, 1.165) is 30.4 Å². The van der Waals surface area contributed by atoms with Crippen molar-refractivity contribution in [1.29, 1.82) is 0 Å². The average molecular weight is 361 g/mol. The number of H-pyrrole nitrogens is 1. The summed E-state index contributed by atoms with van der Waals surface area (Å²) in [6.45, 7) is 2.86. The van der Waals surface area contributed by atoms with Gasteiger partial charge in [-0.2, -0.15) is 5.10 Å². The second-order valence-corrected chi connectivity index (χ2v) is 6.90. The summed E-state index contributed by atoms with van der Waals surface area (Å²) in [6.07, 6.45) is 3.16. The number of fused-ring (bicyclic) bond motifs is 1. The van der Waals surface area contributed by atoms with Crippen LogP contribution < -0.4 is 0 Å². The van der Waals surface area contributed by atoms with Gasteiger partial charge in [-0.1, -0.05) is 62.2 Å². The number of nitrogens with zero attached hydrogens (tertiary/aromatic N) is 2. The summed E-state index contributed by atoms with van der Waals surface area (Å²) in [5.74, 6) is 0.139. The monoisotopic (exact) mass is 361 g/mol. The second-order valence-electron chi connectivity index (χ2n) is 6.90. The third kappa shape index (κ3) is 2.99. The number of aromatic hydroxyl groups is 1. The lowest BCUT2D eigenvalue weighted by molar-refractivity contribution is 0.0740. The Hall–Kier alpha value is -3.08. The van der Waals surface area contributed by atoms with Crippen LogP contribution in [0.3, 0.4) is 0 Å². The highest BCUT2D eigenvalue weighted by atomic mass is 16.3. The van der Waals surface area contributed by atoms with Crippen LogP contribution >= 0.6 is 0 Å². The molecule has 4 rings (SSSR count). The summed E-state index contributed by atoms with van der Waals surface area (Å²) in [5, 5.41) is 17.6. The van der Waals surface area contributed by atoms with Gasteiger partial charge in [-0.3, -0.25) is 9.89 Å². The number of aromatic nitrogens is 2. The fraction of sp³-hybridized carbons (Fsp3) is 0.273. The molecule has 1 aliphatic heterocycles. The summed E-state index contributed by atoms with van der Waals surface area (Å²) in [5.41, 5.74) is 3.71. The molecular weight excluding hydrogens is 338 g/mol. The van der Waals surface area contributed by atoms with Crippen molar-refractivity contribution in [3.05, 3.63) is 71.4 Å². The molecule has 5 nitrogen and oxygen atoms in total. The number of hydrogen-bond donors (Lipinski definition) is 2. The van der Waals surface area contributed by atoms with Crippen LogP contribution in [-0.2, 0) is 0 Å². The molecule has 27 heavy (non-hydrogen) atoms. The van der Waals surface area contributed by atoms with Gasteiger partial charge in [-0.15, -0.1) is 0 Å². The fourth-order valence-corrected chi connectivity index (χ4v) is 3.82. The van der Waals surface area contributed by atoms with E-state index >= 15 is 0 Å². The highest BCUT2D eigenvalue weighted by molar-refractivity contribution is 6.00. The molecule has 2 heterocycles. The SMILES string of the molecule is CCCCCN1C(=O)c2[nH]nc(-c3ccccc3O)c2C1c1ccccc1. The Labute approximate surface area is 158 Å². The maximum absolute atomic E-state index is 13.1. The highest BCUT2D eigenvalue weighted by Gasteiger charge is 2.42. The van der Waals surface area contributed by atoms with Gasteiger partial charge in [0, 0.05) is 17.7 Å². The highest BCUT2D eigenvalue weighted by Crippen LogP contribution is 2.44. The van der Waals surface area contributed by atoms with Crippen LogP contribution in [0, 0.1) is 0 Å². The molecule has 138 valence electrons. The predicted octanol–water partition coefficient (Wildman–Crippen LogP) is 4.52. The summed E-state index contributed by atoms with van der Waals surface area (Å²) >= 11 is 0. The van der Waals surface area contributed by atoms with Crippen molar-refractivity contribution in [2.24, 2.45) is 0 Å². The van der Waals surface area contributed by atoms with Gasteiger partial charge in [-0.25, -0.2) is 0 Å². The molecule has 2 N–H and O–H groups in total. The van der Waals surface area contributed by atoms with E-state index in [-0.39, 0.29) is 17.7 Å². The first kappa shape index (κ1) is 17.3. The number of carbonyl (C=O) groups is 1. The van der Waals surface area contributed by atoms with E-state index in [1.807, 2.05) is 47.4 Å². The van der Waals surface area contributed by atoms with Crippen LogP contribution in [0.4, 0.5) is 0 Å². The molecule has 0 spiro atoms. The topological polar surface area (TPSA) is 69.2 Å². The van der Waals surface area contributed by atoms with Crippen LogP contribution in [0.5, 0.6) is 5.75 Å². The molecule has 1 aromatic heterocycles. The van der Waals surface area contributed by atoms with Gasteiger partial charge in [0.05, 0.1) is 6.04 Å². The van der Waals surface area contributed by atoms with Crippen LogP contribution in [0.15, 0.2) is 54.6 Å². The van der Waals surface area contributed by atoms with Gasteiger partial charge >= 0.3 is 0 Å². The van der Waals surface area contributed by atoms with Crippen molar-refractivity contribution in [2.75, 3.05) is 6.54 Å². The number of hydrogen-bond acceptors (Lipinski definition) is 3. The Morgan fingerprint density at radius 2 is 1.81 bits per heavy atom. The van der Waals surface area contributed by atoms with Crippen molar-refractivity contribution in [3.8, 4) is 17.0 Å². The molecule has 5 heteroatoms. The Bertz CT molecular complexity index is 949. The van der Waals surface area contributed by atoms with E-state index in [4.69, 9.17) is 0 Å². The molecule has 0 aliphatic carbocycles. The second kappa shape index (κ2) is 7.27. The third-order valence-corrected chi connectivity index (χ3v) is 5.14. The van der Waals surface area contributed by atoms with E-state index in [9.17, 15) is 9.90 Å². The quantitative estimate of drug-likeness (QED) is 0.634. The number of rotatable bonds is 6. The van der Waals surface area contributed by atoms with Crippen molar-refractivity contribution in [3.63, 3.8) is 0 Å². The van der Waals surface area contributed by atoms with Crippen LogP contribution in [-0.4, -0.2) is 32.7 Å². The number of amides is 1. The molecule has 2 aromatic carbocycles. The van der Waals surface area contributed by atoms with E-state index in [1.165, 1.54) is 0 Å². The molecule has 1 amide bonds. The molecule has 0 saturated heterocycles. The van der Waals surface area contributed by atoms with Gasteiger partial charge in [0.15, 0.2) is 0 Å². The predicted molar refractivity (Wildman–Crippen MR) is 105 cm³/mol. The summed E-state index contributed by atoms with van der Waals surface area (Å²) in [6, 6.07) is 17.0. The zero-order valence-corrected chi connectivity index (χ0v) is 15.4. The van der Waals surface area contributed by atoms with E-state index < -0.39 is 0 Å². The number of carbonyl (C=O) groups excluding carboxylic acids is 1. The average Bonchev–Trinajstić information content (AvgIpc) is 3.23. The number of phenolic OH excluding ortho intramolecular Hbond substituents is 1. The first-order valence-electron chi connectivity index (χ1n) is 9.45. The molecule has 3 aromatic rings. The van der Waals surface area contributed by atoms with E-state index in [1.54, 1.807) is 12.1 Å². The van der Waals surface area contributed by atoms with Gasteiger partial charge in [0.1, 0.15) is 17.1 Å². The first-order chi connectivity index (χ1) is 13.2. The maximum atomic E-state index is 13.1. The Morgan fingerprint density at radius 1 is 1.07 bits per heavy atom. The Morgan fingerprint density at radius 3 is 2.56 bits per heavy atom. The number of unbranched alkanes of at least 4 members (excludes halogenated alkanes) is 2. The Balaban J connectivity index is 1.83. The first-order valence-corrected chi connectivity index (χ1v) is 9.45. The van der Waals surface area contributed by atoms with E-state index in [0.29, 0.717) is 23.5 Å². The van der Waals surface area contributed by atoms with Crippen LogP contribution in [0.25, 0.3) is 11.3 Å². The number of aromatic amines is 1. The summed E-state index contributed by atoms with van der Waals surface area (Å²) in [4.78, 5) is 15.0. The van der Waals surface area contributed by atoms with Crippen molar-refractivity contribution in [2.45, 2.75) is 32.2 Å². The lowest BCUT2D eigenvalue weighted by atomic mass is 9.95. The van der Waals surface area contributed by atoms with Crippen molar-refractivity contribution < 1.29 is 9.90 Å². The minimum Gasteiger partial charge on any atom is -0.507 e. The molecule has 1 aliphatic rings. The van der Waals surface area contributed by atoms with E-state index in [2.05, 4.69) is 17.1 Å². The van der Waals surface area contributed by atoms with Gasteiger partial charge in [-0.05, 0) is 24.1 Å². The van der Waals surface area contributed by atoms with Gasteiger partial charge in [0.25, 0.3) is 5.91 Å². The summed E-state index contributed by atoms with van der Waals surface area (Å²) in [7, 11) is 0. The molecule has 1 atom stereocenters. The van der Waals surface area contributed by atoms with Crippen LogP contribution in [0.1, 0.15) is 53.8 Å². The van der Waals surface area contributed by atoms with Crippen LogP contribution in [0.2, 0.25) is 0 Å². The zero-order valence-electron chi connectivity index (χ0n) is 15.4. The van der Waals surface area contributed by atoms with Crippen molar-refractivity contribution in [1.82, 2.24) is 15.1 Å². The lowest BCUT2D eigenvalue weighted by Crippen LogP contribution is -2.30. The molecule has 1 unspecified atom stereocenters. The summed E-state index contributed by atoms with van der Waals surface area (Å²) < 4.78 is 0. The normalized spacial score (nSPS) is 16.0. The molecule has 0 fully saturated rings. The minimum absolute atomic E-state index is 0.0240. The van der Waals surface area contributed by atoms with Gasteiger partial charge < -0.3 is 10.0 Å². The maximum Gasteiger partial charge on any atom is 0.273 e. The fourth-order valence-electron chi connectivity index (χ4n) is 3.82. The standard InChI is InChI=1S/C22H23N3O2/c1-2-3-9-14-25-21(15-10-5-4-6-11-15)18-19(23-24-20(18)22(25)27)16-12-7-8-13-17(16)26/h4-8,10-13,21,26H,2-3,9,14H2,1H3,(H,23,24). The molecule has 0 bridgehead atoms. The number of benzene rings is 2. The molecule has 0 radical (unpaired) electrons. The largest absolute Gasteiger partial charge is 0.507 e. The third-order valence-electron chi connectivity index (χ3n) is 5.14. The molecule has 0 saturated carbocycles. The molecular formula is C22H23N3O2. The zero-order chi connectivity index (χ0) is 18.8. The van der Waals surface area contributed by atoms with Crippen molar-refractivity contribution >= 4 is 5.91 Å². The van der Waals surface area contributed by atoms with Gasteiger partial charge in [0.2, 0.25) is 0 Å². The number of phenols is 1. The number of nitrogens with one attached hydrogen (secondary N) is 1. The Kier molecular flexibility index (Phi) is 4.67. The minimum atomic E-state index is -0.195.